The maximum Gasteiger partial charge on any atom is 0.309 e. The highest BCUT2D eigenvalue weighted by molar-refractivity contribution is 5.70. The summed E-state index contributed by atoms with van der Waals surface area (Å²) in [7, 11) is 0. The summed E-state index contributed by atoms with van der Waals surface area (Å²) >= 11 is 0. The zero-order chi connectivity index (χ0) is 13.6. The van der Waals surface area contributed by atoms with Crippen LogP contribution in [0, 0.1) is 11.3 Å². The van der Waals surface area contributed by atoms with Gasteiger partial charge in [0.25, 0.3) is 0 Å². The highest BCUT2D eigenvalue weighted by Gasteiger charge is 2.16. The van der Waals surface area contributed by atoms with Crippen molar-refractivity contribution in [3.63, 3.8) is 0 Å². The second-order valence-electron chi connectivity index (χ2n) is 4.79. The van der Waals surface area contributed by atoms with Crippen LogP contribution in [0.3, 0.4) is 0 Å². The van der Waals surface area contributed by atoms with Crippen LogP contribution < -0.4 is 4.74 Å². The van der Waals surface area contributed by atoms with Crippen LogP contribution in [0.4, 0.5) is 0 Å². The number of hydrogen-bond acceptors (Lipinski definition) is 4. The summed E-state index contributed by atoms with van der Waals surface area (Å²) in [6.45, 7) is 5.65. The van der Waals surface area contributed by atoms with Gasteiger partial charge in [-0.25, -0.2) is 0 Å². The molecular weight excluding hydrogens is 230 g/mol. The van der Waals surface area contributed by atoms with Crippen molar-refractivity contribution in [3.8, 4) is 11.8 Å². The number of hydrogen-bond donors (Lipinski definition) is 0. The third kappa shape index (κ3) is 4.88. The highest BCUT2D eigenvalue weighted by Crippen LogP contribution is 2.17. The van der Waals surface area contributed by atoms with Crippen molar-refractivity contribution >= 4 is 5.97 Å². The summed E-state index contributed by atoms with van der Waals surface area (Å²) in [5, 5.41) is 8.86. The molecule has 0 atom stereocenters. The minimum atomic E-state index is -0.484. The van der Waals surface area contributed by atoms with Crippen LogP contribution in [-0.2, 0) is 9.53 Å². The second-order valence-corrected chi connectivity index (χ2v) is 4.79. The molecule has 0 radical (unpaired) electrons. The zero-order valence-electron chi connectivity index (χ0n) is 10.9. The maximum absolute atomic E-state index is 11.4. The lowest BCUT2D eigenvalue weighted by atomic mass is 10.2. The van der Waals surface area contributed by atoms with E-state index < -0.39 is 5.60 Å². The number of nitrogens with zero attached hydrogens (tertiary/aromatic N) is 1. The van der Waals surface area contributed by atoms with Gasteiger partial charge >= 0.3 is 5.97 Å². The molecule has 0 fully saturated rings. The van der Waals surface area contributed by atoms with Crippen LogP contribution >= 0.6 is 0 Å². The number of nitriles is 1. The van der Waals surface area contributed by atoms with Crippen LogP contribution in [0.15, 0.2) is 24.3 Å². The van der Waals surface area contributed by atoms with Crippen molar-refractivity contribution in [2.45, 2.75) is 32.8 Å². The summed E-state index contributed by atoms with van der Waals surface area (Å²) in [5.74, 6) is 0.181. The maximum atomic E-state index is 11.4. The molecule has 0 N–H and O–H groups in total. The first kappa shape index (κ1) is 14.0. The summed E-state index contributed by atoms with van der Waals surface area (Å²) < 4.78 is 10.5. The van der Waals surface area contributed by atoms with Gasteiger partial charge in [-0.1, -0.05) is 12.1 Å². The Bertz CT molecular complexity index is 455. The van der Waals surface area contributed by atoms with Gasteiger partial charge in [-0.2, -0.15) is 5.26 Å². The van der Waals surface area contributed by atoms with Gasteiger partial charge in [0.05, 0.1) is 18.6 Å². The molecule has 0 heterocycles. The van der Waals surface area contributed by atoms with E-state index in [9.17, 15) is 4.79 Å². The third-order valence-electron chi connectivity index (χ3n) is 1.99. The Balaban J connectivity index is 2.43. The zero-order valence-corrected chi connectivity index (χ0v) is 10.9. The molecule has 0 aliphatic rings. The fourth-order valence-corrected chi connectivity index (χ4v) is 1.32. The van der Waals surface area contributed by atoms with Crippen LogP contribution in [0.5, 0.6) is 5.75 Å². The first-order chi connectivity index (χ1) is 8.42. The lowest BCUT2D eigenvalue weighted by Crippen LogP contribution is -2.24. The Morgan fingerprint density at radius 3 is 2.61 bits per heavy atom. The number of benzene rings is 1. The van der Waals surface area contributed by atoms with Crippen LogP contribution in [0.2, 0.25) is 0 Å². The largest absolute Gasteiger partial charge is 0.492 e. The Morgan fingerprint density at radius 1 is 1.33 bits per heavy atom. The summed E-state index contributed by atoms with van der Waals surface area (Å²) in [6, 6.07) is 8.95. The Labute approximate surface area is 107 Å². The van der Waals surface area contributed by atoms with E-state index in [2.05, 4.69) is 0 Å². The number of esters is 1. The molecule has 1 aromatic rings. The SMILES string of the molecule is CC(C)(C)OC(=O)CCOc1ccccc1C#N. The van der Waals surface area contributed by atoms with Crippen molar-refractivity contribution < 1.29 is 14.3 Å². The predicted molar refractivity (Wildman–Crippen MR) is 67.1 cm³/mol. The Kier molecular flexibility index (Phi) is 4.73. The second kappa shape index (κ2) is 6.06. The van der Waals surface area contributed by atoms with Crippen LogP contribution in [-0.4, -0.2) is 18.2 Å². The summed E-state index contributed by atoms with van der Waals surface area (Å²) in [5.41, 5.74) is -0.0246. The molecule has 1 aromatic carbocycles. The van der Waals surface area contributed by atoms with Gasteiger partial charge in [-0.15, -0.1) is 0 Å². The fraction of sp³-hybridized carbons (Fsp3) is 0.429. The van der Waals surface area contributed by atoms with Crippen molar-refractivity contribution in [2.24, 2.45) is 0 Å². The van der Waals surface area contributed by atoms with E-state index in [1.54, 1.807) is 24.3 Å². The molecule has 0 aliphatic carbocycles. The molecule has 4 nitrogen and oxygen atoms in total. The van der Waals surface area contributed by atoms with Gasteiger partial charge in [0, 0.05) is 0 Å². The molecule has 96 valence electrons. The van der Waals surface area contributed by atoms with Crippen molar-refractivity contribution in [2.75, 3.05) is 6.61 Å². The molecule has 0 spiro atoms. The highest BCUT2D eigenvalue weighted by atomic mass is 16.6. The smallest absolute Gasteiger partial charge is 0.309 e. The Morgan fingerprint density at radius 2 is 2.00 bits per heavy atom. The van der Waals surface area contributed by atoms with Gasteiger partial charge in [0.2, 0.25) is 0 Å². The standard InChI is InChI=1S/C14H17NO3/c1-14(2,3)18-13(16)8-9-17-12-7-5-4-6-11(12)10-15/h4-7H,8-9H2,1-3H3. The molecule has 0 amide bonds. The molecule has 0 saturated heterocycles. The molecule has 0 aromatic heterocycles. The summed E-state index contributed by atoms with van der Waals surface area (Å²) in [4.78, 5) is 11.4. The fourth-order valence-electron chi connectivity index (χ4n) is 1.32. The first-order valence-electron chi connectivity index (χ1n) is 5.76. The number of carbonyl (C=O) groups is 1. The van der Waals surface area contributed by atoms with E-state index in [1.165, 1.54) is 0 Å². The quantitative estimate of drug-likeness (QED) is 0.767. The third-order valence-corrected chi connectivity index (χ3v) is 1.99. The van der Waals surface area contributed by atoms with Gasteiger partial charge in [-0.3, -0.25) is 4.79 Å². The summed E-state index contributed by atoms with van der Waals surface area (Å²) in [6.07, 6.45) is 0.164. The molecule has 1 rings (SSSR count). The van der Waals surface area contributed by atoms with Gasteiger partial charge in [0.15, 0.2) is 0 Å². The number of ether oxygens (including phenoxy) is 2. The molecule has 0 saturated carbocycles. The average molecular weight is 247 g/mol. The van der Waals surface area contributed by atoms with E-state index >= 15 is 0 Å². The minimum absolute atomic E-state index is 0.164. The topological polar surface area (TPSA) is 59.3 Å². The molecular formula is C14H17NO3. The normalized spacial score (nSPS) is 10.6. The number of carbonyl (C=O) groups excluding carboxylic acids is 1. The van der Waals surface area contributed by atoms with Crippen molar-refractivity contribution in [3.05, 3.63) is 29.8 Å². The van der Waals surface area contributed by atoms with Crippen molar-refractivity contribution in [1.82, 2.24) is 0 Å². The minimum Gasteiger partial charge on any atom is -0.492 e. The van der Waals surface area contributed by atoms with E-state index in [4.69, 9.17) is 14.7 Å². The molecule has 0 bridgehead atoms. The van der Waals surface area contributed by atoms with E-state index in [0.29, 0.717) is 11.3 Å². The number of rotatable bonds is 4. The number of para-hydroxylation sites is 1. The molecule has 4 heteroatoms. The van der Waals surface area contributed by atoms with Crippen LogP contribution in [0.1, 0.15) is 32.8 Å². The lowest BCUT2D eigenvalue weighted by Gasteiger charge is -2.19. The van der Waals surface area contributed by atoms with Crippen LogP contribution in [0.25, 0.3) is 0 Å². The lowest BCUT2D eigenvalue weighted by molar-refractivity contribution is -0.155. The van der Waals surface area contributed by atoms with Gasteiger partial charge in [-0.05, 0) is 32.9 Å². The van der Waals surface area contributed by atoms with Crippen molar-refractivity contribution in [1.29, 1.82) is 5.26 Å². The molecule has 18 heavy (non-hydrogen) atoms. The molecule has 0 aliphatic heterocycles. The Hall–Kier alpha value is -2.02. The van der Waals surface area contributed by atoms with E-state index in [1.807, 2.05) is 26.8 Å². The van der Waals surface area contributed by atoms with E-state index in [0.717, 1.165) is 0 Å². The predicted octanol–water partition coefficient (Wildman–Crippen LogP) is 2.67. The van der Waals surface area contributed by atoms with Gasteiger partial charge < -0.3 is 9.47 Å². The van der Waals surface area contributed by atoms with Gasteiger partial charge in [0.1, 0.15) is 17.4 Å². The molecule has 0 unspecified atom stereocenters. The average Bonchev–Trinajstić information content (AvgIpc) is 2.27. The first-order valence-corrected chi connectivity index (χ1v) is 5.76. The van der Waals surface area contributed by atoms with E-state index in [-0.39, 0.29) is 19.0 Å². The monoisotopic (exact) mass is 247 g/mol.